The fourth-order valence-corrected chi connectivity index (χ4v) is 2.33. The molecule has 0 bridgehead atoms. The fraction of sp³-hybridized carbons (Fsp3) is 0.500. The van der Waals surface area contributed by atoms with E-state index in [0.717, 1.165) is 42.9 Å². The Balaban J connectivity index is 2.10. The number of aryl methyl sites for hydroxylation is 1. The first-order valence-electron chi connectivity index (χ1n) is 6.82. The van der Waals surface area contributed by atoms with E-state index in [9.17, 15) is 4.79 Å². The third kappa shape index (κ3) is 3.77. The quantitative estimate of drug-likeness (QED) is 0.557. The van der Waals surface area contributed by atoms with Crippen LogP contribution in [0.4, 0.5) is 16.2 Å². The van der Waals surface area contributed by atoms with Gasteiger partial charge in [0.25, 0.3) is 0 Å². The molecule has 0 spiro atoms. The molecule has 1 atom stereocenters. The number of nitrogens with two attached hydrogens (primary N) is 2. The van der Waals surface area contributed by atoms with Crippen molar-refractivity contribution in [1.29, 1.82) is 0 Å². The van der Waals surface area contributed by atoms with Gasteiger partial charge in [-0.3, -0.25) is 0 Å². The molecule has 0 aromatic heterocycles. The maximum atomic E-state index is 10.9. The third-order valence-electron chi connectivity index (χ3n) is 3.51. The van der Waals surface area contributed by atoms with Gasteiger partial charge in [0, 0.05) is 24.5 Å². The van der Waals surface area contributed by atoms with Gasteiger partial charge in [-0.25, -0.2) is 4.79 Å². The van der Waals surface area contributed by atoms with E-state index >= 15 is 0 Å². The lowest BCUT2D eigenvalue weighted by Crippen LogP contribution is -2.43. The SMILES string of the molecule is Cc1cc(N(CNC(N)=O)CC2CCCO2)ccc1N. The van der Waals surface area contributed by atoms with Crippen molar-refractivity contribution in [3.63, 3.8) is 0 Å². The van der Waals surface area contributed by atoms with Crippen LogP contribution in [0.5, 0.6) is 0 Å². The molecule has 1 heterocycles. The van der Waals surface area contributed by atoms with E-state index in [4.69, 9.17) is 16.2 Å². The van der Waals surface area contributed by atoms with Crippen LogP contribution in [0.25, 0.3) is 0 Å². The second-order valence-corrected chi connectivity index (χ2v) is 5.10. The number of nitrogens with one attached hydrogen (secondary N) is 1. The Labute approximate surface area is 119 Å². The predicted molar refractivity (Wildman–Crippen MR) is 79.5 cm³/mol. The fourth-order valence-electron chi connectivity index (χ4n) is 2.33. The molecule has 1 fully saturated rings. The van der Waals surface area contributed by atoms with Gasteiger partial charge in [-0.1, -0.05) is 0 Å². The molecule has 2 amide bonds. The number of nitrogens with zero attached hydrogens (tertiary/aromatic N) is 1. The zero-order chi connectivity index (χ0) is 14.5. The van der Waals surface area contributed by atoms with Crippen molar-refractivity contribution < 1.29 is 9.53 Å². The van der Waals surface area contributed by atoms with Crippen LogP contribution >= 0.6 is 0 Å². The van der Waals surface area contributed by atoms with Crippen molar-refractivity contribution in [2.24, 2.45) is 5.73 Å². The molecule has 20 heavy (non-hydrogen) atoms. The number of hydrogen-bond donors (Lipinski definition) is 3. The van der Waals surface area contributed by atoms with Crippen LogP contribution in [0, 0.1) is 6.92 Å². The van der Waals surface area contributed by atoms with E-state index in [1.165, 1.54) is 0 Å². The molecule has 1 aromatic carbocycles. The molecule has 0 aliphatic carbocycles. The second-order valence-electron chi connectivity index (χ2n) is 5.10. The molecule has 5 N–H and O–H groups in total. The Kier molecular flexibility index (Phi) is 4.68. The van der Waals surface area contributed by atoms with Gasteiger partial charge >= 0.3 is 6.03 Å². The van der Waals surface area contributed by atoms with Gasteiger partial charge in [-0.05, 0) is 43.5 Å². The number of nitrogen functional groups attached to an aromatic ring is 1. The van der Waals surface area contributed by atoms with Gasteiger partial charge in [0.05, 0.1) is 12.8 Å². The summed E-state index contributed by atoms with van der Waals surface area (Å²) in [6.07, 6.45) is 2.33. The summed E-state index contributed by atoms with van der Waals surface area (Å²) in [5.41, 5.74) is 13.8. The number of carbonyl (C=O) groups excluding carboxylic acids is 1. The number of rotatable bonds is 5. The molecule has 6 nitrogen and oxygen atoms in total. The van der Waals surface area contributed by atoms with E-state index in [1.807, 2.05) is 30.0 Å². The Morgan fingerprint density at radius 2 is 2.35 bits per heavy atom. The number of primary amides is 1. The zero-order valence-corrected chi connectivity index (χ0v) is 11.8. The van der Waals surface area contributed by atoms with Crippen LogP contribution in [-0.4, -0.2) is 32.0 Å². The molecular weight excluding hydrogens is 256 g/mol. The molecule has 1 aliphatic rings. The first-order valence-corrected chi connectivity index (χ1v) is 6.82. The molecule has 0 saturated carbocycles. The maximum Gasteiger partial charge on any atom is 0.313 e. The van der Waals surface area contributed by atoms with E-state index in [-0.39, 0.29) is 6.10 Å². The number of amides is 2. The first-order chi connectivity index (χ1) is 9.56. The number of carbonyl (C=O) groups is 1. The number of hydrogen-bond acceptors (Lipinski definition) is 4. The lowest BCUT2D eigenvalue weighted by Gasteiger charge is -2.27. The lowest BCUT2D eigenvalue weighted by atomic mass is 10.1. The number of urea groups is 1. The molecule has 1 saturated heterocycles. The van der Waals surface area contributed by atoms with Gasteiger partial charge < -0.3 is 26.4 Å². The summed E-state index contributed by atoms with van der Waals surface area (Å²) in [4.78, 5) is 13.0. The monoisotopic (exact) mass is 278 g/mol. The van der Waals surface area contributed by atoms with Gasteiger partial charge in [0.2, 0.25) is 0 Å². The van der Waals surface area contributed by atoms with Gasteiger partial charge in [-0.2, -0.15) is 0 Å². The van der Waals surface area contributed by atoms with Crippen molar-refractivity contribution in [1.82, 2.24) is 5.32 Å². The number of benzene rings is 1. The predicted octanol–water partition coefficient (Wildman–Crippen LogP) is 1.19. The highest BCUT2D eigenvalue weighted by Gasteiger charge is 2.20. The summed E-state index contributed by atoms with van der Waals surface area (Å²) in [5, 5.41) is 2.63. The lowest BCUT2D eigenvalue weighted by molar-refractivity contribution is 0.115. The average Bonchev–Trinajstić information content (AvgIpc) is 2.90. The van der Waals surface area contributed by atoms with Crippen molar-refractivity contribution in [3.8, 4) is 0 Å². The topological polar surface area (TPSA) is 93.6 Å². The van der Waals surface area contributed by atoms with Crippen LogP contribution in [-0.2, 0) is 4.74 Å². The molecular formula is C14H22N4O2. The molecule has 1 aromatic rings. The van der Waals surface area contributed by atoms with Gasteiger partial charge in [-0.15, -0.1) is 0 Å². The smallest absolute Gasteiger partial charge is 0.313 e. The highest BCUT2D eigenvalue weighted by atomic mass is 16.5. The average molecular weight is 278 g/mol. The number of anilines is 2. The summed E-state index contributed by atoms with van der Waals surface area (Å²) < 4.78 is 5.66. The Hall–Kier alpha value is -1.95. The van der Waals surface area contributed by atoms with Crippen molar-refractivity contribution in [2.45, 2.75) is 25.9 Å². The van der Waals surface area contributed by atoms with Crippen molar-refractivity contribution in [2.75, 3.05) is 30.5 Å². The summed E-state index contributed by atoms with van der Waals surface area (Å²) in [7, 11) is 0. The first kappa shape index (κ1) is 14.5. The Bertz CT molecular complexity index is 472. The van der Waals surface area contributed by atoms with Gasteiger partial charge in [0.15, 0.2) is 0 Å². The van der Waals surface area contributed by atoms with Crippen LogP contribution in [0.15, 0.2) is 18.2 Å². The van der Waals surface area contributed by atoms with E-state index in [0.29, 0.717) is 6.67 Å². The highest BCUT2D eigenvalue weighted by Crippen LogP contribution is 2.22. The molecule has 2 rings (SSSR count). The van der Waals surface area contributed by atoms with Crippen molar-refractivity contribution >= 4 is 17.4 Å². The number of ether oxygens (including phenoxy) is 1. The highest BCUT2D eigenvalue weighted by molar-refractivity contribution is 5.72. The largest absolute Gasteiger partial charge is 0.399 e. The molecule has 1 aliphatic heterocycles. The Morgan fingerprint density at radius 1 is 1.55 bits per heavy atom. The van der Waals surface area contributed by atoms with E-state index in [1.54, 1.807) is 0 Å². The minimum Gasteiger partial charge on any atom is -0.399 e. The van der Waals surface area contributed by atoms with Crippen molar-refractivity contribution in [3.05, 3.63) is 23.8 Å². The minimum atomic E-state index is -0.533. The van der Waals surface area contributed by atoms with Crippen LogP contribution in [0.2, 0.25) is 0 Å². The summed E-state index contributed by atoms with van der Waals surface area (Å²) in [6.45, 7) is 3.86. The second kappa shape index (κ2) is 6.47. The normalized spacial score (nSPS) is 17.9. The minimum absolute atomic E-state index is 0.197. The van der Waals surface area contributed by atoms with Crippen LogP contribution < -0.4 is 21.7 Å². The van der Waals surface area contributed by atoms with Gasteiger partial charge in [0.1, 0.15) is 0 Å². The van der Waals surface area contributed by atoms with E-state index < -0.39 is 6.03 Å². The summed E-state index contributed by atoms with van der Waals surface area (Å²) in [6, 6.07) is 5.29. The van der Waals surface area contributed by atoms with Crippen LogP contribution in [0.1, 0.15) is 18.4 Å². The third-order valence-corrected chi connectivity index (χ3v) is 3.51. The summed E-state index contributed by atoms with van der Waals surface area (Å²) >= 11 is 0. The van der Waals surface area contributed by atoms with E-state index in [2.05, 4.69) is 5.32 Å². The molecule has 6 heteroatoms. The zero-order valence-electron chi connectivity index (χ0n) is 11.8. The maximum absolute atomic E-state index is 10.9. The summed E-state index contributed by atoms with van der Waals surface area (Å²) in [5.74, 6) is 0. The molecule has 110 valence electrons. The van der Waals surface area contributed by atoms with Crippen LogP contribution in [0.3, 0.4) is 0 Å². The standard InChI is InChI=1S/C14H22N4O2/c1-10-7-11(4-5-13(10)15)18(9-17-14(16)19)8-12-3-2-6-20-12/h4-5,7,12H,2-3,6,8-9,15H2,1H3,(H3,16,17,19). The molecule has 1 unspecified atom stereocenters. The molecule has 0 radical (unpaired) electrons. The Morgan fingerprint density at radius 3 is 2.95 bits per heavy atom.